The van der Waals surface area contributed by atoms with Crippen LogP contribution in [0.25, 0.3) is 5.69 Å². The zero-order valence-corrected chi connectivity index (χ0v) is 18.4. The average molecular weight is 458 g/mol. The Morgan fingerprint density at radius 3 is 2.67 bits per heavy atom. The smallest absolute Gasteiger partial charge is 0.367 e. The second kappa shape index (κ2) is 9.21. The normalized spacial score (nSPS) is 18.9. The van der Waals surface area contributed by atoms with Crippen molar-refractivity contribution >= 4 is 11.7 Å². The highest BCUT2D eigenvalue weighted by molar-refractivity contribution is 5.98. The molecule has 1 aliphatic rings. The van der Waals surface area contributed by atoms with Crippen molar-refractivity contribution in [2.45, 2.75) is 38.9 Å². The summed E-state index contributed by atoms with van der Waals surface area (Å²) in [7, 11) is 0. The van der Waals surface area contributed by atoms with Gasteiger partial charge < -0.3 is 10.2 Å². The van der Waals surface area contributed by atoms with Crippen LogP contribution in [0.3, 0.4) is 0 Å². The fourth-order valence-corrected chi connectivity index (χ4v) is 4.28. The number of benzene rings is 1. The summed E-state index contributed by atoms with van der Waals surface area (Å²) in [5.41, 5.74) is 1.11. The van der Waals surface area contributed by atoms with E-state index in [9.17, 15) is 18.0 Å². The molecule has 1 N–H and O–H groups in total. The van der Waals surface area contributed by atoms with Crippen molar-refractivity contribution in [1.82, 2.24) is 24.9 Å². The predicted octanol–water partition coefficient (Wildman–Crippen LogP) is 4.34. The molecular weight excluding hydrogens is 433 g/mol. The Hall–Kier alpha value is -3.43. The topological polar surface area (TPSA) is 75.9 Å². The van der Waals surface area contributed by atoms with E-state index in [0.717, 1.165) is 24.5 Å². The quantitative estimate of drug-likeness (QED) is 0.616. The lowest BCUT2D eigenvalue weighted by Crippen LogP contribution is -2.51. The van der Waals surface area contributed by atoms with Crippen LogP contribution in [0.5, 0.6) is 0 Å². The number of halogens is 3. The molecule has 4 rings (SSSR count). The number of hydrogen-bond acceptors (Lipinski definition) is 5. The van der Waals surface area contributed by atoms with Gasteiger partial charge in [-0.1, -0.05) is 18.6 Å². The molecule has 0 radical (unpaired) electrons. The van der Waals surface area contributed by atoms with E-state index >= 15 is 0 Å². The molecule has 33 heavy (non-hydrogen) atoms. The molecule has 0 aliphatic carbocycles. The second-order valence-electron chi connectivity index (χ2n) is 8.30. The first kappa shape index (κ1) is 22.8. The number of rotatable bonds is 5. The summed E-state index contributed by atoms with van der Waals surface area (Å²) in [5.74, 6) is -0.321. The molecule has 1 aromatic carbocycles. The first-order valence-corrected chi connectivity index (χ1v) is 10.8. The van der Waals surface area contributed by atoms with Crippen molar-refractivity contribution in [3.8, 4) is 5.69 Å². The van der Waals surface area contributed by atoms with Gasteiger partial charge in [0.05, 0.1) is 35.2 Å². The highest BCUT2D eigenvalue weighted by Gasteiger charge is 2.36. The van der Waals surface area contributed by atoms with Crippen LogP contribution in [0, 0.1) is 12.8 Å². The maximum absolute atomic E-state index is 13.7. The van der Waals surface area contributed by atoms with Crippen LogP contribution in [0.15, 0.2) is 48.9 Å². The zero-order valence-electron chi connectivity index (χ0n) is 18.4. The van der Waals surface area contributed by atoms with Gasteiger partial charge in [-0.2, -0.15) is 28.2 Å². The number of alkyl halides is 3. The molecule has 7 nitrogen and oxygen atoms in total. The highest BCUT2D eigenvalue weighted by atomic mass is 19.4. The Kier molecular flexibility index (Phi) is 6.35. The Morgan fingerprint density at radius 2 is 1.94 bits per heavy atom. The van der Waals surface area contributed by atoms with E-state index in [2.05, 4.69) is 20.5 Å². The van der Waals surface area contributed by atoms with Crippen LogP contribution in [0.4, 0.5) is 19.0 Å². The van der Waals surface area contributed by atoms with Crippen LogP contribution in [0.2, 0.25) is 0 Å². The number of amides is 1. The summed E-state index contributed by atoms with van der Waals surface area (Å²) in [6.45, 7) is 4.59. The molecule has 1 saturated heterocycles. The number of carbonyl (C=O) groups is 1. The van der Waals surface area contributed by atoms with Crippen LogP contribution in [0.1, 0.15) is 41.3 Å². The van der Waals surface area contributed by atoms with Gasteiger partial charge in [-0.25, -0.2) is 4.98 Å². The molecule has 0 spiro atoms. The Labute approximate surface area is 189 Å². The molecule has 2 aromatic heterocycles. The second-order valence-corrected chi connectivity index (χ2v) is 8.30. The van der Waals surface area contributed by atoms with Crippen LogP contribution in [-0.4, -0.2) is 49.9 Å². The number of piperidine rings is 1. The van der Waals surface area contributed by atoms with E-state index in [1.54, 1.807) is 17.0 Å². The van der Waals surface area contributed by atoms with E-state index in [1.165, 1.54) is 29.5 Å². The van der Waals surface area contributed by atoms with Crippen molar-refractivity contribution in [2.75, 3.05) is 18.4 Å². The minimum atomic E-state index is -4.52. The van der Waals surface area contributed by atoms with Gasteiger partial charge in [0.15, 0.2) is 0 Å². The minimum Gasteiger partial charge on any atom is -0.367 e. The third-order valence-electron chi connectivity index (χ3n) is 5.98. The summed E-state index contributed by atoms with van der Waals surface area (Å²) in [4.78, 5) is 20.7. The van der Waals surface area contributed by atoms with Gasteiger partial charge in [-0.3, -0.25) is 4.79 Å². The molecule has 2 atom stereocenters. The molecule has 3 aromatic rings. The fourth-order valence-electron chi connectivity index (χ4n) is 4.28. The summed E-state index contributed by atoms with van der Waals surface area (Å²) in [5, 5.41) is 11.2. The lowest BCUT2D eigenvalue weighted by molar-refractivity contribution is -0.137. The first-order chi connectivity index (χ1) is 15.8. The number of carbonyl (C=O) groups excluding carboxylic acids is 1. The molecule has 1 amide bonds. The van der Waals surface area contributed by atoms with Gasteiger partial charge in [0, 0.05) is 19.3 Å². The minimum absolute atomic E-state index is 0.101. The molecule has 0 saturated carbocycles. The van der Waals surface area contributed by atoms with E-state index in [4.69, 9.17) is 0 Å². The van der Waals surface area contributed by atoms with E-state index in [-0.39, 0.29) is 30.2 Å². The first-order valence-electron chi connectivity index (χ1n) is 10.8. The number of aromatic nitrogens is 4. The fraction of sp³-hybridized carbons (Fsp3) is 0.391. The third-order valence-corrected chi connectivity index (χ3v) is 5.98. The summed E-state index contributed by atoms with van der Waals surface area (Å²) in [6, 6.07) is 7.44. The zero-order chi connectivity index (χ0) is 23.6. The van der Waals surface area contributed by atoms with Crippen LogP contribution >= 0.6 is 0 Å². The molecule has 3 heterocycles. The number of nitrogens with zero attached hydrogens (tertiary/aromatic N) is 5. The SMILES string of the molecule is Cc1ccc(-n2nccn2)c(C(=O)N2CCCC(C)C2CNc2ncccc2C(F)(F)F)c1. The van der Waals surface area contributed by atoms with Gasteiger partial charge >= 0.3 is 6.18 Å². The van der Waals surface area contributed by atoms with Gasteiger partial charge in [-0.05, 0) is 49.9 Å². The van der Waals surface area contributed by atoms with Crippen molar-refractivity contribution in [3.05, 3.63) is 65.6 Å². The summed E-state index contributed by atoms with van der Waals surface area (Å²) < 4.78 is 40.1. The molecule has 0 bridgehead atoms. The lowest BCUT2D eigenvalue weighted by atomic mass is 9.89. The number of aryl methyl sites for hydroxylation is 1. The van der Waals surface area contributed by atoms with Crippen LogP contribution < -0.4 is 5.32 Å². The van der Waals surface area contributed by atoms with E-state index < -0.39 is 11.7 Å². The molecule has 1 aliphatic heterocycles. The number of nitrogens with one attached hydrogen (secondary N) is 1. The van der Waals surface area contributed by atoms with E-state index in [0.29, 0.717) is 17.8 Å². The van der Waals surface area contributed by atoms with Crippen molar-refractivity contribution in [2.24, 2.45) is 5.92 Å². The lowest BCUT2D eigenvalue weighted by Gasteiger charge is -2.40. The maximum Gasteiger partial charge on any atom is 0.419 e. The van der Waals surface area contributed by atoms with Gasteiger partial charge in [0.25, 0.3) is 5.91 Å². The van der Waals surface area contributed by atoms with Crippen molar-refractivity contribution < 1.29 is 18.0 Å². The van der Waals surface area contributed by atoms with Gasteiger partial charge in [-0.15, -0.1) is 0 Å². The number of pyridine rings is 1. The molecule has 1 fully saturated rings. The average Bonchev–Trinajstić information content (AvgIpc) is 3.32. The highest BCUT2D eigenvalue weighted by Crippen LogP contribution is 2.34. The maximum atomic E-state index is 13.7. The number of hydrogen-bond donors (Lipinski definition) is 1. The largest absolute Gasteiger partial charge is 0.419 e. The molecular formula is C23H25F3N6O. The van der Waals surface area contributed by atoms with Crippen molar-refractivity contribution in [3.63, 3.8) is 0 Å². The summed E-state index contributed by atoms with van der Waals surface area (Å²) >= 11 is 0. The Bertz CT molecular complexity index is 1120. The molecule has 174 valence electrons. The Balaban J connectivity index is 1.62. The predicted molar refractivity (Wildman–Crippen MR) is 117 cm³/mol. The molecule has 2 unspecified atom stereocenters. The van der Waals surface area contributed by atoms with Crippen LogP contribution in [-0.2, 0) is 6.18 Å². The van der Waals surface area contributed by atoms with Crippen molar-refractivity contribution in [1.29, 1.82) is 0 Å². The Morgan fingerprint density at radius 1 is 1.18 bits per heavy atom. The monoisotopic (exact) mass is 458 g/mol. The number of likely N-dealkylation sites (tertiary alicyclic amines) is 1. The molecule has 10 heteroatoms. The third kappa shape index (κ3) is 4.84. The standard InChI is InChI=1S/C23H25F3N6O/c1-15-7-8-19(32-29-10-11-30-32)17(13-15)22(33)31-12-4-5-16(2)20(31)14-28-21-18(23(24,25)26)6-3-9-27-21/h3,6-11,13,16,20H,4-5,12,14H2,1-2H3,(H,27,28). The van der Waals surface area contributed by atoms with E-state index in [1.807, 2.05) is 19.9 Å². The van der Waals surface area contributed by atoms with Gasteiger partial charge in [0.1, 0.15) is 5.82 Å². The number of anilines is 1. The van der Waals surface area contributed by atoms with Gasteiger partial charge in [0.2, 0.25) is 0 Å². The summed E-state index contributed by atoms with van der Waals surface area (Å²) in [6.07, 6.45) is 1.58.